The molecule has 5 heteroatoms. The first-order valence-corrected chi connectivity index (χ1v) is 3.10. The van der Waals surface area contributed by atoms with Gasteiger partial charge in [0.1, 0.15) is 12.1 Å². The van der Waals surface area contributed by atoms with Gasteiger partial charge >= 0.3 is 0 Å². The van der Waals surface area contributed by atoms with Gasteiger partial charge in [-0.3, -0.25) is 4.90 Å². The summed E-state index contributed by atoms with van der Waals surface area (Å²) in [5.74, 6) is 0. The van der Waals surface area contributed by atoms with E-state index in [4.69, 9.17) is 15.8 Å². The van der Waals surface area contributed by atoms with Gasteiger partial charge < -0.3 is 0 Å². The van der Waals surface area contributed by atoms with E-state index < -0.39 is 6.04 Å². The van der Waals surface area contributed by atoms with Crippen molar-refractivity contribution in [2.45, 2.75) is 6.04 Å². The van der Waals surface area contributed by atoms with Gasteiger partial charge in [0.15, 0.2) is 6.19 Å². The van der Waals surface area contributed by atoms with Crippen LogP contribution in [0.3, 0.4) is 0 Å². The van der Waals surface area contributed by atoms with E-state index >= 15 is 0 Å². The molecule has 0 aliphatic heterocycles. The Balaban J connectivity index is 4.43. The molecule has 0 aliphatic carbocycles. The Morgan fingerprint density at radius 2 is 1.82 bits per heavy atom. The summed E-state index contributed by atoms with van der Waals surface area (Å²) in [6.07, 6.45) is 2.91. The summed E-state index contributed by atoms with van der Waals surface area (Å²) in [7, 11) is 0. The van der Waals surface area contributed by atoms with Crippen molar-refractivity contribution in [1.29, 1.82) is 15.8 Å². The second-order valence-electron chi connectivity index (χ2n) is 1.47. The van der Waals surface area contributed by atoms with Gasteiger partial charge in [-0.05, 0) is 5.41 Å². The molecule has 0 heterocycles. The van der Waals surface area contributed by atoms with Gasteiger partial charge in [-0.25, -0.2) is 0 Å². The minimum Gasteiger partial charge on any atom is -0.255 e. The average molecular weight is 164 g/mol. The minimum absolute atomic E-state index is 0.910. The van der Waals surface area contributed by atoms with Gasteiger partial charge in [0.2, 0.25) is 6.04 Å². The van der Waals surface area contributed by atoms with E-state index in [0.717, 1.165) is 4.90 Å². The van der Waals surface area contributed by atoms with Crippen LogP contribution in [-0.2, 0) is 0 Å². The molecule has 0 rings (SSSR count). The van der Waals surface area contributed by atoms with Crippen molar-refractivity contribution in [3.63, 3.8) is 0 Å². The predicted octanol–water partition coefficient (Wildman–Crippen LogP) is 0.586. The SMILES string of the molecule is N#CC(C#N)N(C#N)C=CS. The second kappa shape index (κ2) is 5.17. The highest BCUT2D eigenvalue weighted by molar-refractivity contribution is 7.83. The minimum atomic E-state index is -1.07. The quantitative estimate of drug-likeness (QED) is 0.368. The third-order valence-corrected chi connectivity index (χ3v) is 0.999. The number of hydrogen-bond acceptors (Lipinski definition) is 5. The van der Waals surface area contributed by atoms with Gasteiger partial charge in [0, 0.05) is 6.20 Å². The lowest BCUT2D eigenvalue weighted by atomic mass is 10.3. The molecule has 54 valence electrons. The van der Waals surface area contributed by atoms with Crippen molar-refractivity contribution < 1.29 is 0 Å². The van der Waals surface area contributed by atoms with Crippen LogP contribution in [0, 0.1) is 34.1 Å². The fourth-order valence-electron chi connectivity index (χ4n) is 0.402. The maximum absolute atomic E-state index is 8.38. The summed E-state index contributed by atoms with van der Waals surface area (Å²) in [4.78, 5) is 0.910. The number of nitrogens with zero attached hydrogens (tertiary/aromatic N) is 4. The highest BCUT2D eigenvalue weighted by atomic mass is 32.1. The zero-order chi connectivity index (χ0) is 8.69. The maximum atomic E-state index is 8.38. The van der Waals surface area contributed by atoms with Crippen LogP contribution in [0.25, 0.3) is 0 Å². The summed E-state index contributed by atoms with van der Waals surface area (Å²) >= 11 is 3.69. The summed E-state index contributed by atoms with van der Waals surface area (Å²) < 4.78 is 0. The van der Waals surface area contributed by atoms with Gasteiger partial charge in [0.05, 0.1) is 0 Å². The lowest BCUT2D eigenvalue weighted by Crippen LogP contribution is -2.22. The van der Waals surface area contributed by atoms with E-state index in [1.165, 1.54) is 11.6 Å². The molecule has 0 N–H and O–H groups in total. The van der Waals surface area contributed by atoms with E-state index in [1.54, 1.807) is 18.3 Å². The molecule has 0 aromatic rings. The number of nitriles is 3. The largest absolute Gasteiger partial charge is 0.255 e. The zero-order valence-corrected chi connectivity index (χ0v) is 6.36. The topological polar surface area (TPSA) is 74.6 Å². The van der Waals surface area contributed by atoms with E-state index in [1.807, 2.05) is 0 Å². The standard InChI is InChI=1S/C6H4N4S/c7-3-6(4-8)10(5-9)1-2-11/h1-2,6,11H. The van der Waals surface area contributed by atoms with Crippen molar-refractivity contribution in [2.24, 2.45) is 0 Å². The predicted molar refractivity (Wildman–Crippen MR) is 40.6 cm³/mol. The number of hydrogen-bond donors (Lipinski definition) is 1. The van der Waals surface area contributed by atoms with E-state index in [9.17, 15) is 0 Å². The molecule has 0 aromatic heterocycles. The summed E-state index contributed by atoms with van der Waals surface area (Å²) in [5.41, 5.74) is 0. The average Bonchev–Trinajstić information content (AvgIpc) is 2.05. The van der Waals surface area contributed by atoms with Crippen LogP contribution in [-0.4, -0.2) is 10.9 Å². The molecule has 0 fully saturated rings. The van der Waals surface area contributed by atoms with Crippen LogP contribution in [0.4, 0.5) is 0 Å². The Morgan fingerprint density at radius 1 is 1.27 bits per heavy atom. The Hall–Kier alpha value is -1.64. The van der Waals surface area contributed by atoms with Gasteiger partial charge in [-0.15, -0.1) is 12.6 Å². The van der Waals surface area contributed by atoms with Crippen LogP contribution in [0.15, 0.2) is 11.6 Å². The molecular weight excluding hydrogens is 160 g/mol. The van der Waals surface area contributed by atoms with Crippen LogP contribution in [0.2, 0.25) is 0 Å². The lowest BCUT2D eigenvalue weighted by Gasteiger charge is -2.07. The lowest BCUT2D eigenvalue weighted by molar-refractivity contribution is 0.522. The molecule has 0 radical (unpaired) electrons. The Kier molecular flexibility index (Phi) is 4.40. The molecular formula is C6H4N4S. The molecule has 0 unspecified atom stereocenters. The zero-order valence-electron chi connectivity index (χ0n) is 5.47. The summed E-state index contributed by atoms with van der Waals surface area (Å²) in [5, 5.41) is 26.3. The van der Waals surface area contributed by atoms with Gasteiger partial charge in [0.25, 0.3) is 0 Å². The number of rotatable bonds is 2. The normalized spacial score (nSPS) is 8.64. The fraction of sp³-hybridized carbons (Fsp3) is 0.167. The van der Waals surface area contributed by atoms with Crippen molar-refractivity contribution in [3.05, 3.63) is 11.6 Å². The first-order chi connectivity index (χ1) is 5.29. The highest BCUT2D eigenvalue weighted by Crippen LogP contribution is 1.96. The van der Waals surface area contributed by atoms with Crippen LogP contribution in [0.1, 0.15) is 0 Å². The molecule has 0 spiro atoms. The molecule has 0 saturated carbocycles. The summed E-state index contributed by atoms with van der Waals surface area (Å²) in [6.45, 7) is 0. The van der Waals surface area contributed by atoms with Crippen molar-refractivity contribution in [3.8, 4) is 18.3 Å². The molecule has 0 amide bonds. The van der Waals surface area contributed by atoms with E-state index in [-0.39, 0.29) is 0 Å². The van der Waals surface area contributed by atoms with E-state index in [2.05, 4.69) is 12.6 Å². The first kappa shape index (κ1) is 9.36. The van der Waals surface area contributed by atoms with Crippen molar-refractivity contribution in [2.75, 3.05) is 0 Å². The van der Waals surface area contributed by atoms with Gasteiger partial charge in [-0.1, -0.05) is 0 Å². The monoisotopic (exact) mass is 164 g/mol. The van der Waals surface area contributed by atoms with Crippen LogP contribution >= 0.6 is 12.6 Å². The smallest absolute Gasteiger partial charge is 0.216 e. The van der Waals surface area contributed by atoms with Gasteiger partial charge in [-0.2, -0.15) is 15.8 Å². The molecule has 0 atom stereocenters. The highest BCUT2D eigenvalue weighted by Gasteiger charge is 2.11. The Labute approximate surface area is 70.0 Å². The summed E-state index contributed by atoms with van der Waals surface area (Å²) in [6, 6.07) is 2.22. The molecule has 11 heavy (non-hydrogen) atoms. The van der Waals surface area contributed by atoms with E-state index in [0.29, 0.717) is 0 Å². The van der Waals surface area contributed by atoms with Crippen LogP contribution in [0.5, 0.6) is 0 Å². The fourth-order valence-corrected chi connectivity index (χ4v) is 0.546. The first-order valence-electron chi connectivity index (χ1n) is 2.58. The molecule has 0 saturated heterocycles. The van der Waals surface area contributed by atoms with Crippen molar-refractivity contribution >= 4 is 12.6 Å². The molecule has 0 bridgehead atoms. The molecule has 4 nitrogen and oxygen atoms in total. The maximum Gasteiger partial charge on any atom is 0.216 e. The third kappa shape index (κ3) is 2.62. The Morgan fingerprint density at radius 3 is 2.09 bits per heavy atom. The molecule has 0 aromatic carbocycles. The third-order valence-electron chi connectivity index (χ3n) is 0.865. The number of thiol groups is 1. The molecule has 0 aliphatic rings. The van der Waals surface area contributed by atoms with Crippen LogP contribution < -0.4 is 0 Å². The Bertz CT molecular complexity index is 250. The van der Waals surface area contributed by atoms with Crippen molar-refractivity contribution in [1.82, 2.24) is 4.90 Å². The second-order valence-corrected chi connectivity index (χ2v) is 1.76.